The molecule has 92 valence electrons. The molecule has 0 bridgehead atoms. The molecule has 0 saturated heterocycles. The van der Waals surface area contributed by atoms with Crippen LogP contribution in [0.5, 0.6) is 0 Å². The summed E-state index contributed by atoms with van der Waals surface area (Å²) in [5, 5.41) is 24.3. The van der Waals surface area contributed by atoms with Gasteiger partial charge in [-0.1, -0.05) is 15.9 Å². The summed E-state index contributed by atoms with van der Waals surface area (Å²) in [5.74, 6) is 0. The largest absolute Gasteiger partial charge is 0.433 e. The van der Waals surface area contributed by atoms with Crippen molar-refractivity contribution in [2.75, 3.05) is 5.33 Å². The first-order valence-electron chi connectivity index (χ1n) is 4.40. The van der Waals surface area contributed by atoms with Gasteiger partial charge in [-0.05, 0) is 6.42 Å². The van der Waals surface area contributed by atoms with Crippen LogP contribution in [0.4, 0.5) is 13.2 Å². The molecule has 1 aromatic rings. The minimum absolute atomic E-state index is 0.143. The maximum atomic E-state index is 12.4. The van der Waals surface area contributed by atoms with Gasteiger partial charge in [-0.25, -0.2) is 0 Å². The summed E-state index contributed by atoms with van der Waals surface area (Å²) in [7, 11) is 0. The van der Waals surface area contributed by atoms with E-state index in [0.717, 1.165) is 6.20 Å². The third-order valence-electron chi connectivity index (χ3n) is 2.04. The second-order valence-corrected chi connectivity index (χ2v) is 3.98. The smallest absolute Gasteiger partial charge is 0.390 e. The number of aliphatic hydroxyl groups is 2. The third kappa shape index (κ3) is 2.96. The number of rotatable bonds is 4. The van der Waals surface area contributed by atoms with Crippen LogP contribution in [0.2, 0.25) is 0 Å². The van der Waals surface area contributed by atoms with Crippen LogP contribution >= 0.6 is 15.9 Å². The van der Waals surface area contributed by atoms with Gasteiger partial charge in [-0.2, -0.15) is 18.3 Å². The SMILES string of the molecule is OC(CCBr)C(O)c1cn[nH]c1C(F)(F)F. The highest BCUT2D eigenvalue weighted by atomic mass is 79.9. The van der Waals surface area contributed by atoms with Crippen molar-refractivity contribution in [1.29, 1.82) is 0 Å². The van der Waals surface area contributed by atoms with E-state index in [2.05, 4.69) is 21.0 Å². The van der Waals surface area contributed by atoms with Crippen molar-refractivity contribution in [2.45, 2.75) is 24.8 Å². The normalized spacial score (nSPS) is 16.1. The summed E-state index contributed by atoms with van der Waals surface area (Å²) in [5.41, 5.74) is -1.57. The fraction of sp³-hybridized carbons (Fsp3) is 0.625. The van der Waals surface area contributed by atoms with Gasteiger partial charge in [0.05, 0.1) is 12.3 Å². The molecule has 8 heteroatoms. The molecule has 0 amide bonds. The Hall–Kier alpha value is -0.600. The molecule has 3 N–H and O–H groups in total. The van der Waals surface area contributed by atoms with Crippen molar-refractivity contribution in [3.8, 4) is 0 Å². The van der Waals surface area contributed by atoms with E-state index < -0.39 is 29.6 Å². The summed E-state index contributed by atoms with van der Waals surface area (Å²) in [6, 6.07) is 0. The Kier molecular flexibility index (Phi) is 4.34. The van der Waals surface area contributed by atoms with E-state index in [9.17, 15) is 23.4 Å². The lowest BCUT2D eigenvalue weighted by Crippen LogP contribution is -2.21. The molecule has 0 spiro atoms. The van der Waals surface area contributed by atoms with Gasteiger partial charge in [0.1, 0.15) is 11.8 Å². The van der Waals surface area contributed by atoms with Crippen LogP contribution in [-0.2, 0) is 6.18 Å². The Labute approximate surface area is 97.6 Å². The van der Waals surface area contributed by atoms with Crippen molar-refractivity contribution < 1.29 is 23.4 Å². The van der Waals surface area contributed by atoms with Crippen LogP contribution in [0.25, 0.3) is 0 Å². The number of aromatic amines is 1. The zero-order chi connectivity index (χ0) is 12.3. The van der Waals surface area contributed by atoms with Gasteiger partial charge >= 0.3 is 6.18 Å². The summed E-state index contributed by atoms with van der Waals surface area (Å²) in [6.45, 7) is 0. The molecule has 2 unspecified atom stereocenters. The molecule has 0 aliphatic rings. The minimum atomic E-state index is -4.62. The predicted molar refractivity (Wildman–Crippen MR) is 53.0 cm³/mol. The first kappa shape index (κ1) is 13.5. The molecule has 0 fully saturated rings. The van der Waals surface area contributed by atoms with E-state index in [1.54, 1.807) is 5.10 Å². The fourth-order valence-electron chi connectivity index (χ4n) is 1.22. The standard InChI is InChI=1S/C8H10BrF3N2O2/c9-2-1-5(15)6(16)4-3-13-14-7(4)8(10,11)12/h3,5-6,15-16H,1-2H2,(H,13,14). The number of aromatic nitrogens is 2. The van der Waals surface area contributed by atoms with Crippen molar-refractivity contribution in [3.63, 3.8) is 0 Å². The van der Waals surface area contributed by atoms with Gasteiger partial charge in [-0.3, -0.25) is 5.10 Å². The molecule has 1 heterocycles. The van der Waals surface area contributed by atoms with Gasteiger partial charge in [0.15, 0.2) is 0 Å². The first-order valence-corrected chi connectivity index (χ1v) is 5.52. The molecule has 0 saturated carbocycles. The Morgan fingerprint density at radius 1 is 1.44 bits per heavy atom. The molecular formula is C8H10BrF3N2O2. The van der Waals surface area contributed by atoms with Crippen LogP contribution in [0, 0.1) is 0 Å². The Morgan fingerprint density at radius 3 is 2.56 bits per heavy atom. The highest BCUT2D eigenvalue weighted by Crippen LogP contribution is 2.34. The van der Waals surface area contributed by atoms with Crippen molar-refractivity contribution >= 4 is 15.9 Å². The number of halogens is 4. The van der Waals surface area contributed by atoms with Gasteiger partial charge in [0, 0.05) is 10.9 Å². The van der Waals surface area contributed by atoms with Gasteiger partial charge in [0.25, 0.3) is 0 Å². The predicted octanol–water partition coefficient (Wildman–Crippen LogP) is 1.61. The summed E-state index contributed by atoms with van der Waals surface area (Å²) < 4.78 is 37.3. The van der Waals surface area contributed by atoms with Crippen molar-refractivity contribution in [2.24, 2.45) is 0 Å². The maximum absolute atomic E-state index is 12.4. The lowest BCUT2D eigenvalue weighted by Gasteiger charge is -2.17. The summed E-state index contributed by atoms with van der Waals surface area (Å²) >= 11 is 3.02. The number of nitrogens with zero attached hydrogens (tertiary/aromatic N) is 1. The molecule has 16 heavy (non-hydrogen) atoms. The van der Waals surface area contributed by atoms with E-state index in [1.807, 2.05) is 0 Å². The van der Waals surface area contributed by atoms with Crippen molar-refractivity contribution in [1.82, 2.24) is 10.2 Å². The molecule has 2 atom stereocenters. The quantitative estimate of drug-likeness (QED) is 0.740. The van der Waals surface area contributed by atoms with Crippen molar-refractivity contribution in [3.05, 3.63) is 17.5 Å². The van der Waals surface area contributed by atoms with E-state index in [1.165, 1.54) is 0 Å². The molecular weight excluding hydrogens is 293 g/mol. The topological polar surface area (TPSA) is 69.1 Å². The lowest BCUT2D eigenvalue weighted by atomic mass is 10.0. The number of hydrogen-bond donors (Lipinski definition) is 3. The second-order valence-electron chi connectivity index (χ2n) is 3.19. The molecule has 0 radical (unpaired) electrons. The molecule has 4 nitrogen and oxygen atoms in total. The monoisotopic (exact) mass is 302 g/mol. The van der Waals surface area contributed by atoms with Gasteiger partial charge < -0.3 is 10.2 Å². The fourth-order valence-corrected chi connectivity index (χ4v) is 1.69. The third-order valence-corrected chi connectivity index (χ3v) is 2.50. The number of aliphatic hydroxyl groups excluding tert-OH is 2. The van der Waals surface area contributed by atoms with Gasteiger partial charge in [-0.15, -0.1) is 0 Å². The van der Waals surface area contributed by atoms with Crippen LogP contribution in [0.3, 0.4) is 0 Å². The van der Waals surface area contributed by atoms with E-state index in [4.69, 9.17) is 0 Å². The molecule has 0 aliphatic carbocycles. The Balaban J connectivity index is 2.92. The second kappa shape index (κ2) is 5.15. The highest BCUT2D eigenvalue weighted by Gasteiger charge is 2.38. The van der Waals surface area contributed by atoms with E-state index in [-0.39, 0.29) is 6.42 Å². The average Bonchev–Trinajstić information content (AvgIpc) is 2.64. The maximum Gasteiger partial charge on any atom is 0.433 e. The molecule has 0 aliphatic heterocycles. The molecule has 1 rings (SSSR count). The van der Waals surface area contributed by atoms with Gasteiger partial charge in [0.2, 0.25) is 0 Å². The minimum Gasteiger partial charge on any atom is -0.390 e. The summed E-state index contributed by atoms with van der Waals surface area (Å²) in [6.07, 6.45) is -6.48. The summed E-state index contributed by atoms with van der Waals surface area (Å²) in [4.78, 5) is 0. The van der Waals surface area contributed by atoms with Crippen LogP contribution in [0.15, 0.2) is 6.20 Å². The Morgan fingerprint density at radius 2 is 2.06 bits per heavy atom. The molecule has 0 aromatic carbocycles. The first-order chi connectivity index (χ1) is 7.38. The van der Waals surface area contributed by atoms with E-state index >= 15 is 0 Å². The number of alkyl halides is 4. The molecule has 1 aromatic heterocycles. The number of H-pyrrole nitrogens is 1. The Bertz CT molecular complexity index is 342. The average molecular weight is 303 g/mol. The lowest BCUT2D eigenvalue weighted by molar-refractivity contribution is -0.143. The number of hydrogen-bond acceptors (Lipinski definition) is 3. The highest BCUT2D eigenvalue weighted by molar-refractivity contribution is 9.09. The number of nitrogens with one attached hydrogen (secondary N) is 1. The van der Waals surface area contributed by atoms with Crippen LogP contribution in [0.1, 0.15) is 23.8 Å². The van der Waals surface area contributed by atoms with Crippen LogP contribution in [-0.4, -0.2) is 31.8 Å². The van der Waals surface area contributed by atoms with Crippen LogP contribution < -0.4 is 0 Å². The zero-order valence-corrected chi connectivity index (χ0v) is 9.59. The van der Waals surface area contributed by atoms with E-state index in [0.29, 0.717) is 5.33 Å². The zero-order valence-electron chi connectivity index (χ0n) is 8.00.